The summed E-state index contributed by atoms with van der Waals surface area (Å²) in [7, 11) is -3.60. The van der Waals surface area contributed by atoms with Crippen LogP contribution in [0.3, 0.4) is 0 Å². The van der Waals surface area contributed by atoms with Crippen molar-refractivity contribution in [1.82, 2.24) is 18.1 Å². The molecule has 2 fully saturated rings. The minimum absolute atomic E-state index is 0.00274. The molecule has 2 saturated heterocycles. The molecule has 0 radical (unpaired) electrons. The van der Waals surface area contributed by atoms with E-state index < -0.39 is 15.1 Å². The maximum atomic E-state index is 13.0. The predicted octanol–water partition coefficient (Wildman–Crippen LogP) is 1.05. The van der Waals surface area contributed by atoms with Crippen molar-refractivity contribution >= 4 is 32.7 Å². The van der Waals surface area contributed by atoms with Gasteiger partial charge in [-0.25, -0.2) is 0 Å². The molecule has 2 aliphatic heterocycles. The zero-order chi connectivity index (χ0) is 23.0. The number of benzene rings is 1. The quantitative estimate of drug-likeness (QED) is 0.481. The second-order valence-electron chi connectivity index (χ2n) is 8.31. The van der Waals surface area contributed by atoms with Crippen LogP contribution in [0.4, 0.5) is 5.69 Å². The highest BCUT2D eigenvalue weighted by molar-refractivity contribution is 7.86. The maximum Gasteiger partial charge on any atom is 0.282 e. The molecule has 2 aliphatic rings. The summed E-state index contributed by atoms with van der Waals surface area (Å²) in [5.74, 6) is -0.119. The molecule has 2 unspecified atom stereocenters. The highest BCUT2D eigenvalue weighted by Crippen LogP contribution is 2.23. The molecule has 2 atom stereocenters. The lowest BCUT2D eigenvalue weighted by Gasteiger charge is -2.40. The zero-order valence-electron chi connectivity index (χ0n) is 18.1. The van der Waals surface area contributed by atoms with Crippen molar-refractivity contribution in [1.29, 1.82) is 0 Å². The average molecular weight is 466 g/mol. The van der Waals surface area contributed by atoms with E-state index in [1.54, 1.807) is 27.8 Å². The van der Waals surface area contributed by atoms with Gasteiger partial charge in [-0.2, -0.15) is 17.0 Å². The van der Waals surface area contributed by atoms with Gasteiger partial charge in [0, 0.05) is 68.5 Å². The largest absolute Gasteiger partial charge is 0.373 e. The van der Waals surface area contributed by atoms with Gasteiger partial charge in [-0.3, -0.25) is 14.9 Å². The van der Waals surface area contributed by atoms with Crippen LogP contribution in [0.5, 0.6) is 0 Å². The third-order valence-electron chi connectivity index (χ3n) is 5.90. The summed E-state index contributed by atoms with van der Waals surface area (Å²) >= 11 is 0. The van der Waals surface area contributed by atoms with E-state index in [9.17, 15) is 23.3 Å². The topological polar surface area (TPSA) is 118 Å². The highest BCUT2D eigenvalue weighted by atomic mass is 32.2. The highest BCUT2D eigenvalue weighted by Gasteiger charge is 2.37. The maximum absolute atomic E-state index is 13.0. The van der Waals surface area contributed by atoms with Gasteiger partial charge in [-0.05, 0) is 26.0 Å². The van der Waals surface area contributed by atoms with Gasteiger partial charge in [0.15, 0.2) is 0 Å². The van der Waals surface area contributed by atoms with Crippen LogP contribution in [0.15, 0.2) is 30.5 Å². The van der Waals surface area contributed by atoms with Gasteiger partial charge in [0.25, 0.3) is 15.9 Å². The molecule has 32 heavy (non-hydrogen) atoms. The molecule has 1 aromatic carbocycles. The number of ether oxygens (including phenoxy) is 1. The number of carbonyl (C=O) groups excluding carboxylic acids is 1. The number of morpholine rings is 1. The number of nitrogens with zero attached hydrogens (tertiary/aromatic N) is 5. The molecule has 3 heterocycles. The average Bonchev–Trinajstić information content (AvgIpc) is 3.15. The Labute approximate surface area is 186 Å². The Bertz CT molecular complexity index is 1110. The Hall–Kier alpha value is -2.54. The molecule has 4 rings (SSSR count). The first kappa shape index (κ1) is 22.6. The van der Waals surface area contributed by atoms with Crippen LogP contribution in [-0.4, -0.2) is 88.8 Å². The number of rotatable bonds is 5. The first-order valence-corrected chi connectivity index (χ1v) is 12.0. The molecular weight excluding hydrogens is 438 g/mol. The first-order valence-electron chi connectivity index (χ1n) is 10.6. The zero-order valence-corrected chi connectivity index (χ0v) is 18.9. The monoisotopic (exact) mass is 465 g/mol. The van der Waals surface area contributed by atoms with Crippen LogP contribution in [-0.2, 0) is 26.3 Å². The van der Waals surface area contributed by atoms with Crippen LogP contribution < -0.4 is 0 Å². The van der Waals surface area contributed by atoms with E-state index in [1.807, 2.05) is 13.8 Å². The Morgan fingerprint density at radius 3 is 2.38 bits per heavy atom. The van der Waals surface area contributed by atoms with Crippen molar-refractivity contribution in [2.75, 3.05) is 39.3 Å². The number of carbonyl (C=O) groups is 1. The van der Waals surface area contributed by atoms with Crippen molar-refractivity contribution in [3.05, 3.63) is 40.6 Å². The Morgan fingerprint density at radius 2 is 1.75 bits per heavy atom. The molecule has 0 saturated carbocycles. The van der Waals surface area contributed by atoms with Crippen LogP contribution in [0.1, 0.15) is 13.8 Å². The predicted molar refractivity (Wildman–Crippen MR) is 117 cm³/mol. The number of nitro groups is 1. The fourth-order valence-electron chi connectivity index (χ4n) is 4.34. The van der Waals surface area contributed by atoms with Crippen LogP contribution >= 0.6 is 0 Å². The van der Waals surface area contributed by atoms with E-state index in [4.69, 9.17) is 4.74 Å². The minimum atomic E-state index is -3.60. The van der Waals surface area contributed by atoms with Crippen LogP contribution in [0.2, 0.25) is 0 Å². The molecule has 1 aromatic heterocycles. The minimum Gasteiger partial charge on any atom is -0.373 e. The van der Waals surface area contributed by atoms with E-state index in [1.165, 1.54) is 20.7 Å². The second-order valence-corrected chi connectivity index (χ2v) is 10.2. The number of nitro benzene ring substituents is 1. The summed E-state index contributed by atoms with van der Waals surface area (Å²) < 4.78 is 36.3. The van der Waals surface area contributed by atoms with Gasteiger partial charge in [-0.1, -0.05) is 0 Å². The Balaban J connectivity index is 1.38. The third-order valence-corrected chi connectivity index (χ3v) is 7.87. The lowest BCUT2D eigenvalue weighted by Crippen LogP contribution is -2.57. The van der Waals surface area contributed by atoms with E-state index in [0.717, 1.165) is 5.52 Å². The van der Waals surface area contributed by atoms with Crippen molar-refractivity contribution in [3.63, 3.8) is 0 Å². The number of hydrogen-bond acceptors (Lipinski definition) is 6. The molecule has 1 amide bonds. The number of hydrogen-bond donors (Lipinski definition) is 0. The lowest BCUT2D eigenvalue weighted by molar-refractivity contribution is -0.384. The Morgan fingerprint density at radius 1 is 1.09 bits per heavy atom. The van der Waals surface area contributed by atoms with E-state index in [2.05, 4.69) is 0 Å². The molecule has 0 spiro atoms. The van der Waals surface area contributed by atoms with E-state index in [-0.39, 0.29) is 43.4 Å². The smallest absolute Gasteiger partial charge is 0.282 e. The SMILES string of the molecule is CC1CN(S(=O)(=O)N2CCN(C(=O)Cn3ccc4cc([N+](=O)[O-])ccc43)CC2)CC(C)O1. The standard InChI is InChI=1S/C20H27N5O6S/c1-15-12-24(13-16(2)31-15)32(29,30)23-9-7-21(8-10-23)20(26)14-22-6-5-17-11-18(25(27)28)3-4-19(17)22/h3-6,11,15-16H,7-10,12-14H2,1-2H3. The van der Waals surface area contributed by atoms with Crippen LogP contribution in [0.25, 0.3) is 10.9 Å². The van der Waals surface area contributed by atoms with E-state index in [0.29, 0.717) is 31.6 Å². The van der Waals surface area contributed by atoms with Gasteiger partial charge in [0.2, 0.25) is 5.91 Å². The number of amides is 1. The van der Waals surface area contributed by atoms with E-state index >= 15 is 0 Å². The summed E-state index contributed by atoms with van der Waals surface area (Å²) in [6.45, 7) is 5.58. The molecule has 12 heteroatoms. The lowest BCUT2D eigenvalue weighted by atomic mass is 10.2. The van der Waals surface area contributed by atoms with Crippen molar-refractivity contribution < 1.29 is 22.9 Å². The van der Waals surface area contributed by atoms with Gasteiger partial charge in [0.05, 0.1) is 17.1 Å². The molecular formula is C20H27N5O6S. The van der Waals surface area contributed by atoms with Crippen molar-refractivity contribution in [3.8, 4) is 0 Å². The molecule has 11 nitrogen and oxygen atoms in total. The molecule has 174 valence electrons. The Kier molecular flexibility index (Phi) is 6.21. The molecule has 0 bridgehead atoms. The number of piperazine rings is 1. The van der Waals surface area contributed by atoms with Gasteiger partial charge < -0.3 is 14.2 Å². The second kappa shape index (κ2) is 8.77. The summed E-state index contributed by atoms with van der Waals surface area (Å²) in [5, 5.41) is 11.6. The first-order chi connectivity index (χ1) is 15.1. The number of non-ortho nitro benzene ring substituents is 1. The fourth-order valence-corrected chi connectivity index (χ4v) is 6.08. The molecule has 0 N–H and O–H groups in total. The number of aromatic nitrogens is 1. The van der Waals surface area contributed by atoms with Gasteiger partial charge in [0.1, 0.15) is 6.54 Å². The van der Waals surface area contributed by atoms with Gasteiger partial charge >= 0.3 is 0 Å². The summed E-state index contributed by atoms with van der Waals surface area (Å²) in [4.78, 5) is 25.0. The summed E-state index contributed by atoms with van der Waals surface area (Å²) in [5.41, 5.74) is 0.740. The fraction of sp³-hybridized carbons (Fsp3) is 0.550. The van der Waals surface area contributed by atoms with Crippen LogP contribution in [0, 0.1) is 10.1 Å². The number of fused-ring (bicyclic) bond motifs is 1. The van der Waals surface area contributed by atoms with Crippen molar-refractivity contribution in [2.45, 2.75) is 32.6 Å². The normalized spacial score (nSPS) is 23.5. The van der Waals surface area contributed by atoms with Crippen molar-refractivity contribution in [2.24, 2.45) is 0 Å². The van der Waals surface area contributed by atoms with Gasteiger partial charge in [-0.15, -0.1) is 0 Å². The molecule has 2 aromatic rings. The molecule has 0 aliphatic carbocycles. The third kappa shape index (κ3) is 4.49. The summed E-state index contributed by atoms with van der Waals surface area (Å²) in [6, 6.07) is 6.27. The summed E-state index contributed by atoms with van der Waals surface area (Å²) in [6.07, 6.45) is 1.41.